The minimum absolute atomic E-state index is 0.112. The largest absolute Gasteiger partial charge is 0.353 e. The molecule has 1 fully saturated rings. The molecule has 2 aromatic heterocycles. The standard InChI is InChI=1S/C30H35N5O2/c1-22-27-20-31-35(26-12-7-4-8-13-26)30(37)29(27)23(2)34(22)17-9-14-28(36)32-25-15-18-33(19-16-25)21-24-10-5-3-6-11-24/h3-8,10-13,20,25H,9,14-19,21H2,1-2H3,(H,32,36). The van der Waals surface area contributed by atoms with Crippen LogP contribution in [0.1, 0.15) is 42.6 Å². The molecule has 1 amide bonds. The molecule has 0 atom stereocenters. The van der Waals surface area contributed by atoms with E-state index in [1.54, 1.807) is 6.20 Å². The topological polar surface area (TPSA) is 72.2 Å². The Hall–Kier alpha value is -3.71. The first-order valence-electron chi connectivity index (χ1n) is 13.2. The molecule has 1 aliphatic heterocycles. The van der Waals surface area contributed by atoms with Gasteiger partial charge in [-0.2, -0.15) is 9.78 Å². The number of likely N-dealkylation sites (tertiary alicyclic amines) is 1. The van der Waals surface area contributed by atoms with Crippen LogP contribution in [0.4, 0.5) is 0 Å². The Balaban J connectivity index is 1.15. The van der Waals surface area contributed by atoms with Crippen molar-refractivity contribution >= 4 is 16.7 Å². The summed E-state index contributed by atoms with van der Waals surface area (Å²) >= 11 is 0. The number of aromatic nitrogens is 3. The highest BCUT2D eigenvalue weighted by Crippen LogP contribution is 2.23. The Morgan fingerprint density at radius 3 is 2.35 bits per heavy atom. The summed E-state index contributed by atoms with van der Waals surface area (Å²) in [4.78, 5) is 28.4. The van der Waals surface area contributed by atoms with E-state index in [2.05, 4.69) is 44.1 Å². The fourth-order valence-electron chi connectivity index (χ4n) is 5.47. The number of hydrogen-bond acceptors (Lipinski definition) is 4. The number of carbonyl (C=O) groups excluding carboxylic acids is 1. The van der Waals surface area contributed by atoms with Crippen LogP contribution in [0.5, 0.6) is 0 Å². The maximum Gasteiger partial charge on any atom is 0.281 e. The molecule has 1 aliphatic rings. The van der Waals surface area contributed by atoms with E-state index in [0.717, 1.165) is 61.4 Å². The van der Waals surface area contributed by atoms with E-state index in [4.69, 9.17) is 0 Å². The summed E-state index contributed by atoms with van der Waals surface area (Å²) in [7, 11) is 0. The van der Waals surface area contributed by atoms with E-state index in [0.29, 0.717) is 18.4 Å². The highest BCUT2D eigenvalue weighted by molar-refractivity contribution is 5.87. The van der Waals surface area contributed by atoms with Gasteiger partial charge in [0, 0.05) is 55.4 Å². The van der Waals surface area contributed by atoms with Crippen molar-refractivity contribution < 1.29 is 4.79 Å². The summed E-state index contributed by atoms with van der Waals surface area (Å²) in [5.74, 6) is 0.113. The number of nitrogens with zero attached hydrogens (tertiary/aromatic N) is 4. The molecule has 3 heterocycles. The second-order valence-corrected chi connectivity index (χ2v) is 10.0. The first-order chi connectivity index (χ1) is 18.0. The molecule has 0 radical (unpaired) electrons. The minimum atomic E-state index is -0.112. The van der Waals surface area contributed by atoms with Crippen LogP contribution in [0.15, 0.2) is 71.7 Å². The van der Waals surface area contributed by atoms with Crippen LogP contribution in [-0.2, 0) is 17.9 Å². The summed E-state index contributed by atoms with van der Waals surface area (Å²) in [5, 5.41) is 9.23. The molecule has 4 aromatic rings. The van der Waals surface area contributed by atoms with Gasteiger partial charge in [0.25, 0.3) is 5.56 Å². The fourth-order valence-corrected chi connectivity index (χ4v) is 5.47. The van der Waals surface area contributed by atoms with E-state index in [1.807, 2.05) is 50.2 Å². The predicted octanol–water partition coefficient (Wildman–Crippen LogP) is 4.37. The van der Waals surface area contributed by atoms with Crippen molar-refractivity contribution in [2.75, 3.05) is 13.1 Å². The summed E-state index contributed by atoms with van der Waals surface area (Å²) in [6.07, 6.45) is 4.95. The molecular weight excluding hydrogens is 462 g/mol. The molecule has 1 saturated heterocycles. The summed E-state index contributed by atoms with van der Waals surface area (Å²) < 4.78 is 3.61. The van der Waals surface area contributed by atoms with Crippen LogP contribution in [-0.4, -0.2) is 44.3 Å². The molecule has 0 bridgehead atoms. The molecule has 192 valence electrons. The molecule has 5 rings (SSSR count). The third-order valence-electron chi connectivity index (χ3n) is 7.53. The zero-order chi connectivity index (χ0) is 25.8. The lowest BCUT2D eigenvalue weighted by molar-refractivity contribution is -0.122. The van der Waals surface area contributed by atoms with Crippen LogP contribution in [0.2, 0.25) is 0 Å². The summed E-state index contributed by atoms with van der Waals surface area (Å²) in [6, 6.07) is 20.3. The molecule has 7 heteroatoms. The van der Waals surface area contributed by atoms with Crippen molar-refractivity contribution in [3.63, 3.8) is 0 Å². The number of piperidine rings is 1. The molecule has 0 aliphatic carbocycles. The molecule has 0 unspecified atom stereocenters. The van der Waals surface area contributed by atoms with Crippen molar-refractivity contribution in [3.05, 3.63) is 94.2 Å². The van der Waals surface area contributed by atoms with E-state index in [9.17, 15) is 9.59 Å². The number of amides is 1. The number of carbonyl (C=O) groups is 1. The highest BCUT2D eigenvalue weighted by atomic mass is 16.1. The average molecular weight is 498 g/mol. The minimum Gasteiger partial charge on any atom is -0.353 e. The normalized spacial score (nSPS) is 14.8. The van der Waals surface area contributed by atoms with Gasteiger partial charge in [-0.3, -0.25) is 14.5 Å². The SMILES string of the molecule is Cc1c2cnn(-c3ccccc3)c(=O)c2c(C)n1CCCC(=O)NC1CCN(Cc2ccccc2)CC1. The number of hydrogen-bond donors (Lipinski definition) is 1. The molecule has 37 heavy (non-hydrogen) atoms. The Morgan fingerprint density at radius 2 is 1.65 bits per heavy atom. The van der Waals surface area contributed by atoms with Crippen molar-refractivity contribution in [3.8, 4) is 5.69 Å². The number of nitrogens with one attached hydrogen (secondary N) is 1. The van der Waals surface area contributed by atoms with Gasteiger partial charge in [-0.1, -0.05) is 48.5 Å². The van der Waals surface area contributed by atoms with Crippen LogP contribution in [0.25, 0.3) is 16.5 Å². The molecule has 1 N–H and O–H groups in total. The van der Waals surface area contributed by atoms with Gasteiger partial charge in [-0.05, 0) is 50.8 Å². The van der Waals surface area contributed by atoms with Crippen LogP contribution in [0.3, 0.4) is 0 Å². The average Bonchev–Trinajstić information content (AvgIpc) is 3.16. The van der Waals surface area contributed by atoms with Gasteiger partial charge < -0.3 is 9.88 Å². The Kier molecular flexibility index (Phi) is 7.51. The van der Waals surface area contributed by atoms with E-state index < -0.39 is 0 Å². The van der Waals surface area contributed by atoms with Gasteiger partial charge in [0.2, 0.25) is 5.91 Å². The predicted molar refractivity (Wildman–Crippen MR) is 147 cm³/mol. The van der Waals surface area contributed by atoms with Crippen LogP contribution >= 0.6 is 0 Å². The van der Waals surface area contributed by atoms with E-state index in [-0.39, 0.29) is 17.5 Å². The van der Waals surface area contributed by atoms with Crippen molar-refractivity contribution in [2.24, 2.45) is 0 Å². The molecular formula is C30H35N5O2. The van der Waals surface area contributed by atoms with Gasteiger partial charge in [-0.25, -0.2) is 0 Å². The quantitative estimate of drug-likeness (QED) is 0.393. The Morgan fingerprint density at radius 1 is 0.973 bits per heavy atom. The smallest absolute Gasteiger partial charge is 0.281 e. The number of fused-ring (bicyclic) bond motifs is 1. The molecule has 2 aromatic carbocycles. The van der Waals surface area contributed by atoms with Gasteiger partial charge in [-0.15, -0.1) is 0 Å². The van der Waals surface area contributed by atoms with Crippen molar-refractivity contribution in [2.45, 2.75) is 58.7 Å². The second kappa shape index (κ2) is 11.1. The van der Waals surface area contributed by atoms with E-state index >= 15 is 0 Å². The number of rotatable bonds is 8. The maximum absolute atomic E-state index is 13.3. The third kappa shape index (κ3) is 5.52. The first-order valence-corrected chi connectivity index (χ1v) is 13.2. The Labute approximate surface area is 217 Å². The molecule has 7 nitrogen and oxygen atoms in total. The number of aryl methyl sites for hydroxylation is 2. The van der Waals surface area contributed by atoms with Crippen molar-refractivity contribution in [1.82, 2.24) is 24.6 Å². The molecule has 0 saturated carbocycles. The van der Waals surface area contributed by atoms with Gasteiger partial charge in [0.05, 0.1) is 17.3 Å². The second-order valence-electron chi connectivity index (χ2n) is 10.0. The lowest BCUT2D eigenvalue weighted by atomic mass is 10.0. The lowest BCUT2D eigenvalue weighted by Gasteiger charge is -2.32. The highest BCUT2D eigenvalue weighted by Gasteiger charge is 2.21. The lowest BCUT2D eigenvalue weighted by Crippen LogP contribution is -2.44. The first kappa shape index (κ1) is 25.0. The molecule has 0 spiro atoms. The van der Waals surface area contributed by atoms with E-state index in [1.165, 1.54) is 10.2 Å². The summed E-state index contributed by atoms with van der Waals surface area (Å²) in [6.45, 7) is 7.67. The third-order valence-corrected chi connectivity index (χ3v) is 7.53. The van der Waals surface area contributed by atoms with Gasteiger partial charge in [0.15, 0.2) is 0 Å². The fraction of sp³-hybridized carbons (Fsp3) is 0.367. The summed E-state index contributed by atoms with van der Waals surface area (Å²) in [5.41, 5.74) is 3.92. The zero-order valence-electron chi connectivity index (χ0n) is 21.7. The van der Waals surface area contributed by atoms with Gasteiger partial charge in [0.1, 0.15) is 0 Å². The Bertz CT molecular complexity index is 1420. The van der Waals surface area contributed by atoms with Crippen LogP contribution < -0.4 is 10.9 Å². The van der Waals surface area contributed by atoms with Crippen LogP contribution in [0, 0.1) is 13.8 Å². The monoisotopic (exact) mass is 497 g/mol. The zero-order valence-corrected chi connectivity index (χ0v) is 21.7. The van der Waals surface area contributed by atoms with Gasteiger partial charge >= 0.3 is 0 Å². The number of para-hydroxylation sites is 1. The number of benzene rings is 2. The maximum atomic E-state index is 13.3. The van der Waals surface area contributed by atoms with Crippen molar-refractivity contribution in [1.29, 1.82) is 0 Å².